The molecule has 3 fully saturated rings. The van der Waals surface area contributed by atoms with Crippen molar-refractivity contribution in [3.05, 3.63) is 28.7 Å². The highest BCUT2D eigenvalue weighted by Crippen LogP contribution is 2.39. The van der Waals surface area contributed by atoms with Gasteiger partial charge in [-0.05, 0) is 39.3 Å². The Kier molecular flexibility index (Phi) is 4.25. The summed E-state index contributed by atoms with van der Waals surface area (Å²) < 4.78 is 11.7. The molecule has 9 heteroatoms. The van der Waals surface area contributed by atoms with Crippen LogP contribution in [0.3, 0.4) is 0 Å². The number of aromatic nitrogens is 2. The van der Waals surface area contributed by atoms with Gasteiger partial charge in [0.15, 0.2) is 5.58 Å². The third kappa shape index (κ3) is 3.24. The molecule has 6 rings (SSSR count). The van der Waals surface area contributed by atoms with Gasteiger partial charge in [0.2, 0.25) is 0 Å². The van der Waals surface area contributed by atoms with Crippen LogP contribution in [0.5, 0.6) is 0 Å². The molecule has 152 valence electrons. The number of ether oxygens (including phenoxy) is 1. The van der Waals surface area contributed by atoms with E-state index in [0.717, 1.165) is 17.0 Å². The van der Waals surface area contributed by atoms with Crippen LogP contribution >= 0.6 is 22.9 Å². The van der Waals surface area contributed by atoms with Crippen LogP contribution in [-0.4, -0.2) is 51.7 Å². The predicted octanol–water partition coefficient (Wildman–Crippen LogP) is 4.80. The topological polar surface area (TPSA) is 71.7 Å². The molecule has 0 saturated carbocycles. The van der Waals surface area contributed by atoms with Crippen molar-refractivity contribution in [1.29, 1.82) is 0 Å². The molecule has 7 nitrogen and oxygen atoms in total. The van der Waals surface area contributed by atoms with E-state index in [0.29, 0.717) is 35.2 Å². The number of halogens is 1. The molecule has 2 aromatic heterocycles. The van der Waals surface area contributed by atoms with E-state index in [4.69, 9.17) is 20.8 Å². The summed E-state index contributed by atoms with van der Waals surface area (Å²) in [5, 5.41) is 3.34. The maximum Gasteiger partial charge on any atom is 0.410 e. The van der Waals surface area contributed by atoms with Crippen LogP contribution < -0.4 is 4.90 Å². The molecule has 3 aromatic rings. The van der Waals surface area contributed by atoms with Crippen molar-refractivity contribution in [1.82, 2.24) is 14.9 Å². The van der Waals surface area contributed by atoms with Crippen molar-refractivity contribution in [3.8, 4) is 10.6 Å². The summed E-state index contributed by atoms with van der Waals surface area (Å²) in [5.41, 5.74) is 1.67. The summed E-state index contributed by atoms with van der Waals surface area (Å²) in [7, 11) is 0. The summed E-state index contributed by atoms with van der Waals surface area (Å²) in [6, 6.07) is 4.48. The molecule has 0 aliphatic carbocycles. The monoisotopic (exact) mass is 432 g/mol. The number of nitrogens with zero attached hydrogens (tertiary/aromatic N) is 4. The van der Waals surface area contributed by atoms with Crippen molar-refractivity contribution < 1.29 is 13.9 Å². The van der Waals surface area contributed by atoms with E-state index >= 15 is 0 Å². The van der Waals surface area contributed by atoms with Crippen molar-refractivity contribution >= 4 is 46.1 Å². The molecule has 0 spiro atoms. The highest BCUT2D eigenvalue weighted by atomic mass is 35.5. The maximum atomic E-state index is 12.5. The average Bonchev–Trinajstić information content (AvgIpc) is 3.31. The van der Waals surface area contributed by atoms with Crippen LogP contribution in [0, 0.1) is 0 Å². The number of carbonyl (C=O) groups is 1. The van der Waals surface area contributed by atoms with Gasteiger partial charge in [-0.3, -0.25) is 4.90 Å². The van der Waals surface area contributed by atoms with Crippen molar-refractivity contribution in [2.45, 2.75) is 44.9 Å². The van der Waals surface area contributed by atoms with Gasteiger partial charge in [0, 0.05) is 24.7 Å². The van der Waals surface area contributed by atoms with Crippen molar-refractivity contribution in [2.75, 3.05) is 18.0 Å². The van der Waals surface area contributed by atoms with Gasteiger partial charge in [-0.25, -0.2) is 9.78 Å². The third-order valence-corrected chi connectivity index (χ3v) is 6.33. The fourth-order valence-electron chi connectivity index (χ4n) is 4.00. The maximum absolute atomic E-state index is 12.5. The second-order valence-corrected chi connectivity index (χ2v) is 9.74. The van der Waals surface area contributed by atoms with Gasteiger partial charge in [0.1, 0.15) is 16.1 Å². The number of oxazole rings is 1. The molecule has 1 amide bonds. The third-order valence-electron chi connectivity index (χ3n) is 5.21. The molecule has 29 heavy (non-hydrogen) atoms. The molecule has 2 bridgehead atoms. The highest BCUT2D eigenvalue weighted by Gasteiger charge is 2.49. The van der Waals surface area contributed by atoms with Gasteiger partial charge >= 0.3 is 6.09 Å². The number of carbonyl (C=O) groups excluding carboxylic acids is 1. The number of hydrogen-bond acceptors (Lipinski definition) is 7. The Balaban J connectivity index is 1.40. The fraction of sp³-hybridized carbons (Fsp3) is 0.450. The summed E-state index contributed by atoms with van der Waals surface area (Å²) in [5.74, 6) is 0. The highest BCUT2D eigenvalue weighted by molar-refractivity contribution is 7.13. The molecule has 0 N–H and O–H groups in total. The smallest absolute Gasteiger partial charge is 0.410 e. The standard InChI is InChI=1S/C20H21ClN4O3S/c1-20(2,3)28-19(26)25-11-8-12(25)10-24(9-11)18-23-15-14(21)5-4-13(16(15)27-18)17-22-6-7-29-17/h4-7,11-12H,8-10H2,1-3H3. The number of fused-ring (bicyclic) bond motifs is 3. The summed E-state index contributed by atoms with van der Waals surface area (Å²) in [6.07, 6.45) is 2.49. The number of benzene rings is 1. The molecule has 5 heterocycles. The molecule has 0 radical (unpaired) electrons. The Morgan fingerprint density at radius 2 is 2.07 bits per heavy atom. The number of anilines is 1. The van der Waals surface area contributed by atoms with E-state index in [9.17, 15) is 4.79 Å². The zero-order valence-corrected chi connectivity index (χ0v) is 18.0. The van der Waals surface area contributed by atoms with Crippen molar-refractivity contribution in [3.63, 3.8) is 0 Å². The Bertz CT molecular complexity index is 1060. The summed E-state index contributed by atoms with van der Waals surface area (Å²) >= 11 is 7.92. The van der Waals surface area contributed by atoms with Crippen LogP contribution in [0.4, 0.5) is 10.8 Å². The number of piperazine rings is 1. The number of rotatable bonds is 2. The normalized spacial score (nSPS) is 21.4. The molecular weight excluding hydrogens is 412 g/mol. The summed E-state index contributed by atoms with van der Waals surface area (Å²) in [4.78, 5) is 25.5. The number of amides is 1. The molecule has 3 aliphatic heterocycles. The first-order valence-corrected chi connectivity index (χ1v) is 10.8. The van der Waals surface area contributed by atoms with E-state index < -0.39 is 5.60 Å². The second-order valence-electron chi connectivity index (χ2n) is 8.44. The average molecular weight is 433 g/mol. The molecule has 1 aromatic carbocycles. The van der Waals surface area contributed by atoms with E-state index in [1.807, 2.05) is 43.2 Å². The van der Waals surface area contributed by atoms with Crippen LogP contribution in [-0.2, 0) is 4.74 Å². The Morgan fingerprint density at radius 3 is 2.72 bits per heavy atom. The Hall–Kier alpha value is -2.32. The van der Waals surface area contributed by atoms with Crippen LogP contribution in [0.25, 0.3) is 21.7 Å². The zero-order valence-electron chi connectivity index (χ0n) is 16.4. The lowest BCUT2D eigenvalue weighted by atomic mass is 9.88. The lowest BCUT2D eigenvalue weighted by Gasteiger charge is -2.55. The summed E-state index contributed by atoms with van der Waals surface area (Å²) in [6.45, 7) is 6.97. The lowest BCUT2D eigenvalue weighted by Crippen LogP contribution is -2.70. The van der Waals surface area contributed by atoms with Gasteiger partial charge < -0.3 is 14.1 Å². The lowest BCUT2D eigenvalue weighted by molar-refractivity contribution is -0.0386. The van der Waals surface area contributed by atoms with Gasteiger partial charge in [-0.2, -0.15) is 4.98 Å². The van der Waals surface area contributed by atoms with Crippen LogP contribution in [0.2, 0.25) is 5.02 Å². The zero-order chi connectivity index (χ0) is 20.3. The van der Waals surface area contributed by atoms with Crippen LogP contribution in [0.1, 0.15) is 27.2 Å². The van der Waals surface area contributed by atoms with E-state index in [1.54, 1.807) is 17.5 Å². The van der Waals surface area contributed by atoms with Gasteiger partial charge in [-0.1, -0.05) is 11.6 Å². The SMILES string of the molecule is CC(C)(C)OC(=O)N1C2CC1CN(c1nc3c(Cl)ccc(-c4nccs4)c3o1)C2. The molecule has 3 aliphatic rings. The number of thiazole rings is 1. The Morgan fingerprint density at radius 1 is 1.31 bits per heavy atom. The first-order chi connectivity index (χ1) is 13.8. The van der Waals surface area contributed by atoms with Gasteiger partial charge in [-0.15, -0.1) is 11.3 Å². The second kappa shape index (κ2) is 6.60. The number of piperidine rings is 1. The molecular formula is C20H21ClN4O3S. The molecule has 2 atom stereocenters. The van der Waals surface area contributed by atoms with E-state index in [-0.39, 0.29) is 18.2 Å². The van der Waals surface area contributed by atoms with Gasteiger partial charge in [0.25, 0.3) is 6.01 Å². The number of hydrogen-bond donors (Lipinski definition) is 0. The van der Waals surface area contributed by atoms with E-state index in [2.05, 4.69) is 14.9 Å². The van der Waals surface area contributed by atoms with E-state index in [1.165, 1.54) is 0 Å². The minimum atomic E-state index is -0.496. The minimum Gasteiger partial charge on any atom is -0.444 e. The fourth-order valence-corrected chi connectivity index (χ4v) is 4.85. The Labute approximate surface area is 177 Å². The quantitative estimate of drug-likeness (QED) is 0.579. The first-order valence-electron chi connectivity index (χ1n) is 9.55. The minimum absolute atomic E-state index is 0.104. The van der Waals surface area contributed by atoms with Crippen molar-refractivity contribution in [2.24, 2.45) is 0 Å². The predicted molar refractivity (Wildman–Crippen MR) is 113 cm³/mol. The molecule has 2 unspecified atom stereocenters. The largest absolute Gasteiger partial charge is 0.444 e. The van der Waals surface area contributed by atoms with Gasteiger partial charge in [0.05, 0.1) is 22.7 Å². The first kappa shape index (κ1) is 18.7. The van der Waals surface area contributed by atoms with Crippen LogP contribution in [0.15, 0.2) is 28.1 Å². The molecule has 3 saturated heterocycles.